The molecular weight excluding hydrogens is 492 g/mol. The van der Waals surface area contributed by atoms with E-state index in [9.17, 15) is 4.79 Å². The Bertz CT molecular complexity index is 1250. The highest BCUT2D eigenvalue weighted by molar-refractivity contribution is 8.00. The predicted molar refractivity (Wildman–Crippen MR) is 149 cm³/mol. The highest BCUT2D eigenvalue weighted by atomic mass is 35.5. The van der Waals surface area contributed by atoms with E-state index in [1.54, 1.807) is 24.3 Å². The van der Waals surface area contributed by atoms with Crippen LogP contribution in [0.5, 0.6) is 0 Å². The molecule has 7 nitrogen and oxygen atoms in total. The second-order valence-corrected chi connectivity index (χ2v) is 9.86. The molecule has 3 N–H and O–H groups in total. The number of nitrogens with one attached hydrogen (secondary N) is 3. The molecule has 36 heavy (non-hydrogen) atoms. The molecule has 184 valence electrons. The van der Waals surface area contributed by atoms with Gasteiger partial charge in [-0.15, -0.1) is 0 Å². The summed E-state index contributed by atoms with van der Waals surface area (Å²) < 4.78 is 0. The second kappa shape index (κ2) is 11.9. The van der Waals surface area contributed by atoms with Crippen molar-refractivity contribution in [1.82, 2.24) is 15.0 Å². The van der Waals surface area contributed by atoms with Crippen molar-refractivity contribution in [3.05, 3.63) is 88.9 Å². The number of hydrogen-bond donors (Lipinski definition) is 3. The summed E-state index contributed by atoms with van der Waals surface area (Å²) in [5.74, 6) is 0.643. The summed E-state index contributed by atoms with van der Waals surface area (Å²) >= 11 is 7.25. The van der Waals surface area contributed by atoms with Crippen LogP contribution in [0.25, 0.3) is 0 Å². The van der Waals surface area contributed by atoms with Crippen molar-refractivity contribution in [3.8, 4) is 0 Å². The minimum absolute atomic E-state index is 0.133. The van der Waals surface area contributed by atoms with Crippen molar-refractivity contribution >= 4 is 58.2 Å². The fourth-order valence-electron chi connectivity index (χ4n) is 3.26. The first-order valence-electron chi connectivity index (χ1n) is 11.5. The van der Waals surface area contributed by atoms with Crippen LogP contribution in [0, 0.1) is 13.8 Å². The van der Waals surface area contributed by atoms with E-state index in [1.807, 2.05) is 69.3 Å². The summed E-state index contributed by atoms with van der Waals surface area (Å²) in [6.07, 6.45) is 0.594. The van der Waals surface area contributed by atoms with Crippen LogP contribution < -0.4 is 16.0 Å². The summed E-state index contributed by atoms with van der Waals surface area (Å²) in [6.45, 7) is 6.02. The molecule has 0 spiro atoms. The van der Waals surface area contributed by atoms with E-state index < -0.39 is 5.25 Å². The van der Waals surface area contributed by atoms with Gasteiger partial charge < -0.3 is 16.0 Å². The average molecular weight is 519 g/mol. The van der Waals surface area contributed by atoms with Gasteiger partial charge in [-0.05, 0) is 68.8 Å². The standard InChI is InChI=1S/C27H27ClN6OS/c1-4-23(24(35)29-20-15-9-19(28)10-16-20)36-27-33-25(30-21-11-5-17(2)6-12-21)32-26(34-27)31-22-13-7-18(3)8-14-22/h5-16,23H,4H2,1-3H3,(H,29,35)(H2,30,31,32,33,34). The molecule has 0 aliphatic heterocycles. The Balaban J connectivity index is 1.57. The van der Waals surface area contributed by atoms with Gasteiger partial charge in [0.05, 0.1) is 5.25 Å². The van der Waals surface area contributed by atoms with Crippen LogP contribution >= 0.6 is 23.4 Å². The molecule has 0 aliphatic rings. The molecule has 0 radical (unpaired) electrons. The van der Waals surface area contributed by atoms with Crippen LogP contribution in [0.15, 0.2) is 78.0 Å². The zero-order valence-corrected chi connectivity index (χ0v) is 21.8. The second-order valence-electron chi connectivity index (χ2n) is 8.26. The van der Waals surface area contributed by atoms with Gasteiger partial charge >= 0.3 is 0 Å². The van der Waals surface area contributed by atoms with E-state index in [1.165, 1.54) is 11.8 Å². The largest absolute Gasteiger partial charge is 0.325 e. The molecule has 0 saturated carbocycles. The summed E-state index contributed by atoms with van der Waals surface area (Å²) in [7, 11) is 0. The molecule has 3 aromatic carbocycles. The van der Waals surface area contributed by atoms with Gasteiger partial charge in [-0.1, -0.05) is 65.7 Å². The first-order chi connectivity index (χ1) is 17.4. The third-order valence-corrected chi connectivity index (χ3v) is 6.73. The number of benzene rings is 3. The lowest BCUT2D eigenvalue weighted by Gasteiger charge is -2.15. The lowest BCUT2D eigenvalue weighted by molar-refractivity contribution is -0.115. The van der Waals surface area contributed by atoms with E-state index in [-0.39, 0.29) is 5.91 Å². The first-order valence-corrected chi connectivity index (χ1v) is 12.8. The van der Waals surface area contributed by atoms with Crippen LogP contribution in [0.2, 0.25) is 5.02 Å². The fourth-order valence-corrected chi connectivity index (χ4v) is 4.25. The number of amides is 1. The third-order valence-electron chi connectivity index (χ3n) is 5.25. The number of thioether (sulfide) groups is 1. The highest BCUT2D eigenvalue weighted by Gasteiger charge is 2.21. The zero-order valence-electron chi connectivity index (χ0n) is 20.2. The number of aryl methyl sites for hydroxylation is 2. The Kier molecular flexibility index (Phi) is 8.40. The molecule has 1 unspecified atom stereocenters. The van der Waals surface area contributed by atoms with Crippen LogP contribution in [-0.2, 0) is 4.79 Å². The molecule has 0 bridgehead atoms. The van der Waals surface area contributed by atoms with Crippen molar-refractivity contribution in [2.45, 2.75) is 37.6 Å². The molecule has 4 rings (SSSR count). The number of carbonyl (C=O) groups excluding carboxylic acids is 1. The molecule has 1 atom stereocenters. The number of nitrogens with zero attached hydrogens (tertiary/aromatic N) is 3. The molecule has 9 heteroatoms. The normalized spacial score (nSPS) is 11.6. The van der Waals surface area contributed by atoms with E-state index in [0.717, 1.165) is 22.5 Å². The van der Waals surface area contributed by atoms with Gasteiger partial charge in [0.25, 0.3) is 0 Å². The Labute approximate surface area is 220 Å². The van der Waals surface area contributed by atoms with Crippen molar-refractivity contribution in [2.24, 2.45) is 0 Å². The molecule has 1 heterocycles. The molecule has 0 fully saturated rings. The predicted octanol–water partition coefficient (Wildman–Crippen LogP) is 7.14. The number of aromatic nitrogens is 3. The summed E-state index contributed by atoms with van der Waals surface area (Å²) in [5.41, 5.74) is 4.72. The minimum atomic E-state index is -0.400. The topological polar surface area (TPSA) is 91.8 Å². The maximum absolute atomic E-state index is 13.0. The van der Waals surface area contributed by atoms with Crippen LogP contribution in [0.4, 0.5) is 29.0 Å². The summed E-state index contributed by atoms with van der Waals surface area (Å²) in [5, 5.41) is 10.1. The van der Waals surface area contributed by atoms with Crippen LogP contribution in [0.3, 0.4) is 0 Å². The van der Waals surface area contributed by atoms with Crippen molar-refractivity contribution in [1.29, 1.82) is 0 Å². The van der Waals surface area contributed by atoms with E-state index in [4.69, 9.17) is 11.6 Å². The number of halogens is 1. The molecule has 0 saturated heterocycles. The average Bonchev–Trinajstić information content (AvgIpc) is 2.86. The fraction of sp³-hybridized carbons (Fsp3) is 0.185. The van der Waals surface area contributed by atoms with Crippen molar-refractivity contribution in [2.75, 3.05) is 16.0 Å². The summed E-state index contributed by atoms with van der Waals surface area (Å²) in [4.78, 5) is 26.7. The van der Waals surface area contributed by atoms with Crippen molar-refractivity contribution < 1.29 is 4.79 Å². The van der Waals surface area contributed by atoms with Gasteiger partial charge in [0.2, 0.25) is 17.8 Å². The van der Waals surface area contributed by atoms with Gasteiger partial charge in [0, 0.05) is 22.1 Å². The maximum atomic E-state index is 13.0. The Morgan fingerprint density at radius 3 is 1.72 bits per heavy atom. The zero-order chi connectivity index (χ0) is 25.5. The van der Waals surface area contributed by atoms with Gasteiger partial charge in [-0.2, -0.15) is 15.0 Å². The molecule has 4 aromatic rings. The van der Waals surface area contributed by atoms with E-state index in [2.05, 4.69) is 30.9 Å². The van der Waals surface area contributed by atoms with E-state index >= 15 is 0 Å². The minimum Gasteiger partial charge on any atom is -0.325 e. The number of rotatable bonds is 9. The maximum Gasteiger partial charge on any atom is 0.237 e. The SMILES string of the molecule is CCC(Sc1nc(Nc2ccc(C)cc2)nc(Nc2ccc(C)cc2)n1)C(=O)Nc1ccc(Cl)cc1. The van der Waals surface area contributed by atoms with Gasteiger partial charge in [-0.25, -0.2) is 0 Å². The molecule has 1 aromatic heterocycles. The van der Waals surface area contributed by atoms with Gasteiger partial charge in [-0.3, -0.25) is 4.79 Å². The van der Waals surface area contributed by atoms with Gasteiger partial charge in [0.15, 0.2) is 5.16 Å². The molecule has 0 aliphatic carbocycles. The first kappa shape index (κ1) is 25.5. The summed E-state index contributed by atoms with van der Waals surface area (Å²) in [6, 6.07) is 22.9. The Morgan fingerprint density at radius 2 is 1.25 bits per heavy atom. The smallest absolute Gasteiger partial charge is 0.237 e. The lowest BCUT2D eigenvalue weighted by Crippen LogP contribution is -2.25. The molecular formula is C27H27ClN6OS. The highest BCUT2D eigenvalue weighted by Crippen LogP contribution is 2.27. The number of anilines is 5. The van der Waals surface area contributed by atoms with Crippen molar-refractivity contribution in [3.63, 3.8) is 0 Å². The lowest BCUT2D eigenvalue weighted by atomic mass is 10.2. The third kappa shape index (κ3) is 7.19. The van der Waals surface area contributed by atoms with Crippen LogP contribution in [-0.4, -0.2) is 26.1 Å². The number of carbonyl (C=O) groups is 1. The monoisotopic (exact) mass is 518 g/mol. The Morgan fingerprint density at radius 1 is 0.778 bits per heavy atom. The molecule has 1 amide bonds. The van der Waals surface area contributed by atoms with Gasteiger partial charge in [0.1, 0.15) is 0 Å². The Hall–Kier alpha value is -3.62. The van der Waals surface area contributed by atoms with Crippen LogP contribution in [0.1, 0.15) is 24.5 Å². The van der Waals surface area contributed by atoms with E-state index in [0.29, 0.717) is 34.2 Å². The quantitative estimate of drug-likeness (QED) is 0.203. The number of hydrogen-bond acceptors (Lipinski definition) is 7.